The first-order chi connectivity index (χ1) is 9.77. The predicted octanol–water partition coefficient (Wildman–Crippen LogP) is 4.17. The molecule has 4 aliphatic rings. The molecule has 4 bridgehead atoms. The number of rotatable bonds is 1. The summed E-state index contributed by atoms with van der Waals surface area (Å²) in [6, 6.07) is 0. The van der Waals surface area contributed by atoms with E-state index in [1.165, 1.54) is 12.8 Å². The molecule has 3 fully saturated rings. The maximum absolute atomic E-state index is 12.1. The Bertz CT molecular complexity index is 503. The number of ether oxygens (including phenoxy) is 2. The predicted molar refractivity (Wildman–Crippen MR) is 79.7 cm³/mol. The largest absolute Gasteiger partial charge is 0.509 e. The maximum atomic E-state index is 12.1. The quantitative estimate of drug-likeness (QED) is 0.413. The smallest absolute Gasteiger partial charge is 0.429 e. The molecule has 0 N–H and O–H groups in total. The van der Waals surface area contributed by atoms with E-state index in [2.05, 4.69) is 19.1 Å². The molecule has 116 valence electrons. The van der Waals surface area contributed by atoms with Gasteiger partial charge in [0.15, 0.2) is 0 Å². The van der Waals surface area contributed by atoms with Crippen LogP contribution < -0.4 is 0 Å². The fourth-order valence-corrected chi connectivity index (χ4v) is 5.90. The molecular formula is C18H26O3. The van der Waals surface area contributed by atoms with Crippen LogP contribution in [0.3, 0.4) is 0 Å². The van der Waals surface area contributed by atoms with E-state index in [1.54, 1.807) is 0 Å². The number of fused-ring (bicyclic) bond motifs is 9. The molecule has 3 heteroatoms. The first-order valence-electron chi connectivity index (χ1n) is 8.37. The van der Waals surface area contributed by atoms with Gasteiger partial charge >= 0.3 is 6.16 Å². The minimum atomic E-state index is -0.493. The molecule has 4 rings (SSSR count). The van der Waals surface area contributed by atoms with Crippen molar-refractivity contribution in [2.75, 3.05) is 0 Å². The van der Waals surface area contributed by atoms with Gasteiger partial charge in [-0.1, -0.05) is 12.2 Å². The summed E-state index contributed by atoms with van der Waals surface area (Å²) in [5, 5.41) is 0. The highest BCUT2D eigenvalue weighted by Gasteiger charge is 2.66. The van der Waals surface area contributed by atoms with Crippen molar-refractivity contribution in [2.24, 2.45) is 35.5 Å². The second-order valence-electron chi connectivity index (χ2n) is 8.79. The van der Waals surface area contributed by atoms with Gasteiger partial charge in [-0.25, -0.2) is 4.79 Å². The number of hydrogen-bond acceptors (Lipinski definition) is 3. The van der Waals surface area contributed by atoms with Gasteiger partial charge in [-0.3, -0.25) is 0 Å². The van der Waals surface area contributed by atoms with Crippen molar-refractivity contribution in [3.05, 3.63) is 12.2 Å². The zero-order chi connectivity index (χ0) is 15.0. The van der Waals surface area contributed by atoms with Gasteiger partial charge < -0.3 is 9.47 Å². The van der Waals surface area contributed by atoms with E-state index in [9.17, 15) is 4.79 Å². The second kappa shape index (κ2) is 4.05. The van der Waals surface area contributed by atoms with Gasteiger partial charge in [0.2, 0.25) is 0 Å². The van der Waals surface area contributed by atoms with Crippen LogP contribution in [-0.2, 0) is 9.47 Å². The van der Waals surface area contributed by atoms with Gasteiger partial charge in [-0.2, -0.15) is 0 Å². The average molecular weight is 290 g/mol. The van der Waals surface area contributed by atoms with Crippen molar-refractivity contribution in [2.45, 2.75) is 58.2 Å². The molecule has 7 atom stereocenters. The molecule has 7 unspecified atom stereocenters. The van der Waals surface area contributed by atoms with Gasteiger partial charge in [-0.05, 0) is 76.5 Å². The molecule has 21 heavy (non-hydrogen) atoms. The van der Waals surface area contributed by atoms with E-state index in [-0.39, 0.29) is 5.60 Å². The minimum absolute atomic E-state index is 0.313. The Labute approximate surface area is 127 Å². The molecule has 0 aliphatic heterocycles. The van der Waals surface area contributed by atoms with E-state index < -0.39 is 11.8 Å². The lowest BCUT2D eigenvalue weighted by molar-refractivity contribution is -0.0975. The number of hydrogen-bond donors (Lipinski definition) is 0. The van der Waals surface area contributed by atoms with Gasteiger partial charge in [0.05, 0.1) is 0 Å². The van der Waals surface area contributed by atoms with Crippen LogP contribution in [0.5, 0.6) is 0 Å². The van der Waals surface area contributed by atoms with Gasteiger partial charge in [0, 0.05) is 5.92 Å². The Kier molecular flexibility index (Phi) is 2.64. The summed E-state index contributed by atoms with van der Waals surface area (Å²) in [4.78, 5) is 12.1. The minimum Gasteiger partial charge on any atom is -0.429 e. The molecule has 0 amide bonds. The lowest BCUT2D eigenvalue weighted by atomic mass is 9.68. The van der Waals surface area contributed by atoms with E-state index in [0.29, 0.717) is 5.92 Å². The van der Waals surface area contributed by atoms with Crippen LogP contribution in [0.25, 0.3) is 0 Å². The Balaban J connectivity index is 1.50. The van der Waals surface area contributed by atoms with E-state index in [0.717, 1.165) is 36.0 Å². The van der Waals surface area contributed by atoms with Crippen LogP contribution in [-0.4, -0.2) is 17.4 Å². The maximum Gasteiger partial charge on any atom is 0.509 e. The van der Waals surface area contributed by atoms with Crippen LogP contribution in [0.2, 0.25) is 0 Å². The molecule has 3 nitrogen and oxygen atoms in total. The van der Waals surface area contributed by atoms with Crippen LogP contribution in [0.4, 0.5) is 4.79 Å². The second-order valence-corrected chi connectivity index (χ2v) is 8.79. The van der Waals surface area contributed by atoms with Crippen LogP contribution in [0.15, 0.2) is 12.2 Å². The van der Waals surface area contributed by atoms with Crippen molar-refractivity contribution < 1.29 is 14.3 Å². The third kappa shape index (κ3) is 1.96. The summed E-state index contributed by atoms with van der Waals surface area (Å²) in [5.41, 5.74) is -0.796. The molecule has 0 aromatic carbocycles. The molecule has 0 saturated heterocycles. The Morgan fingerprint density at radius 3 is 2.48 bits per heavy atom. The van der Waals surface area contributed by atoms with Crippen LogP contribution in [0, 0.1) is 35.5 Å². The molecule has 0 spiro atoms. The number of allylic oxidation sites excluding steroid dienone is 2. The fourth-order valence-electron chi connectivity index (χ4n) is 5.90. The highest BCUT2D eigenvalue weighted by molar-refractivity contribution is 5.61. The van der Waals surface area contributed by atoms with Crippen molar-refractivity contribution in [3.8, 4) is 0 Å². The zero-order valence-corrected chi connectivity index (χ0v) is 13.5. The number of carbonyl (C=O) groups excluding carboxylic acids is 1. The number of carbonyl (C=O) groups is 1. The van der Waals surface area contributed by atoms with Crippen molar-refractivity contribution in [3.63, 3.8) is 0 Å². The summed E-state index contributed by atoms with van der Waals surface area (Å²) in [7, 11) is 0. The van der Waals surface area contributed by atoms with Crippen molar-refractivity contribution >= 4 is 6.16 Å². The zero-order valence-electron chi connectivity index (χ0n) is 13.5. The van der Waals surface area contributed by atoms with Crippen molar-refractivity contribution in [1.29, 1.82) is 0 Å². The summed E-state index contributed by atoms with van der Waals surface area (Å²) < 4.78 is 11.2. The standard InChI is InChI=1S/C18H26O3/c1-17(2,3)20-16(19)21-18(4)9-12-8-13(18)15-11-6-5-10(7-11)14(12)15/h5-6,10-15H,7-9H2,1-4H3. The highest BCUT2D eigenvalue weighted by Crippen LogP contribution is 2.68. The molecule has 4 aliphatic carbocycles. The monoisotopic (exact) mass is 290 g/mol. The molecule has 3 saturated carbocycles. The lowest BCUT2D eigenvalue weighted by Crippen LogP contribution is -2.45. The van der Waals surface area contributed by atoms with E-state index in [1.807, 2.05) is 20.8 Å². The van der Waals surface area contributed by atoms with Crippen LogP contribution in [0.1, 0.15) is 47.0 Å². The molecule has 0 aromatic heterocycles. The topological polar surface area (TPSA) is 35.5 Å². The molecule has 0 heterocycles. The fraction of sp³-hybridized carbons (Fsp3) is 0.833. The summed E-state index contributed by atoms with van der Waals surface area (Å²) in [6.45, 7) is 7.78. The summed E-state index contributed by atoms with van der Waals surface area (Å²) in [5.74, 6) is 4.41. The summed E-state index contributed by atoms with van der Waals surface area (Å²) in [6.07, 6.45) is 7.97. The first-order valence-corrected chi connectivity index (χ1v) is 8.37. The molecule has 0 radical (unpaired) electrons. The van der Waals surface area contributed by atoms with Gasteiger partial charge in [0.1, 0.15) is 11.2 Å². The van der Waals surface area contributed by atoms with Gasteiger partial charge in [0.25, 0.3) is 0 Å². The third-order valence-corrected chi connectivity index (χ3v) is 6.31. The normalized spacial score (nSPS) is 49.5. The van der Waals surface area contributed by atoms with Crippen molar-refractivity contribution in [1.82, 2.24) is 0 Å². The molecular weight excluding hydrogens is 264 g/mol. The Morgan fingerprint density at radius 2 is 1.81 bits per heavy atom. The van der Waals surface area contributed by atoms with Gasteiger partial charge in [-0.15, -0.1) is 0 Å². The average Bonchev–Trinajstić information content (AvgIpc) is 2.99. The van der Waals surface area contributed by atoms with Crippen LogP contribution >= 0.6 is 0 Å². The summed E-state index contributed by atoms with van der Waals surface area (Å²) >= 11 is 0. The molecule has 0 aromatic rings. The third-order valence-electron chi connectivity index (χ3n) is 6.31. The SMILES string of the molecule is CC(C)(C)OC(=O)OC1(C)CC2CC1C1C3C=CC(C3)C21. The Hall–Kier alpha value is -0.990. The van der Waals surface area contributed by atoms with E-state index in [4.69, 9.17) is 9.47 Å². The highest BCUT2D eigenvalue weighted by atomic mass is 16.7. The Morgan fingerprint density at radius 1 is 1.14 bits per heavy atom. The lowest BCUT2D eigenvalue weighted by Gasteiger charge is -2.42. The van der Waals surface area contributed by atoms with E-state index >= 15 is 0 Å². The first kappa shape index (κ1) is 13.7.